The number of benzene rings is 2. The second-order valence-corrected chi connectivity index (χ2v) is 12.4. The molecule has 6 N–H and O–H groups in total. The number of rotatable bonds is 15. The summed E-state index contributed by atoms with van der Waals surface area (Å²) in [5.41, 5.74) is 3.58. The average molecular weight is 587 g/mol. The summed E-state index contributed by atoms with van der Waals surface area (Å²) in [5, 5.41) is 20.1. The predicted octanol–water partition coefficient (Wildman–Crippen LogP) is 2.98. The van der Waals surface area contributed by atoms with Gasteiger partial charge in [-0.05, 0) is 61.3 Å². The van der Waals surface area contributed by atoms with Crippen LogP contribution in [0.3, 0.4) is 0 Å². The predicted molar refractivity (Wildman–Crippen MR) is 155 cm³/mol. The molecule has 10 nitrogen and oxygen atoms in total. The van der Waals surface area contributed by atoms with E-state index >= 15 is 0 Å². The first kappa shape index (κ1) is 32.2. The second kappa shape index (κ2) is 16.2. The Morgan fingerprint density at radius 1 is 0.902 bits per heavy atom. The maximum atomic E-state index is 13.4. The highest BCUT2D eigenvalue weighted by Gasteiger charge is 2.29. The number of hydrogen-bond donors (Lipinski definition) is 5. The van der Waals surface area contributed by atoms with Crippen LogP contribution in [0.25, 0.3) is 0 Å². The second-order valence-electron chi connectivity index (χ2n) is 10.8. The van der Waals surface area contributed by atoms with E-state index in [1.807, 2.05) is 30.3 Å². The molecule has 1 fully saturated rings. The van der Waals surface area contributed by atoms with Gasteiger partial charge >= 0.3 is 0 Å². The van der Waals surface area contributed by atoms with Crippen LogP contribution >= 0.6 is 0 Å². The Morgan fingerprint density at radius 3 is 2.20 bits per heavy atom. The third-order valence-electron chi connectivity index (χ3n) is 7.68. The van der Waals surface area contributed by atoms with Crippen LogP contribution in [0.5, 0.6) is 0 Å². The summed E-state index contributed by atoms with van der Waals surface area (Å²) in [6, 6.07) is 15.3. The largest absolute Gasteiger partial charge is 0.354 e. The molecule has 1 saturated carbocycles. The average Bonchev–Trinajstić information content (AvgIpc) is 2.97. The van der Waals surface area contributed by atoms with Crippen LogP contribution < -0.4 is 21.3 Å². The van der Waals surface area contributed by atoms with Gasteiger partial charge in [0.2, 0.25) is 27.7 Å². The molecule has 0 spiro atoms. The molecule has 2 aromatic carbocycles. The zero-order valence-electron chi connectivity index (χ0n) is 23.4. The normalized spacial score (nSPS) is 15.5. The fourth-order valence-electron chi connectivity index (χ4n) is 5.37. The Hall–Kier alpha value is -3.28. The first-order chi connectivity index (χ1) is 19.7. The molecule has 0 bridgehead atoms. The van der Waals surface area contributed by atoms with Gasteiger partial charge in [-0.1, -0.05) is 74.6 Å². The third kappa shape index (κ3) is 11.3. The number of sulfonamides is 1. The molecule has 0 saturated heterocycles. The summed E-state index contributed by atoms with van der Waals surface area (Å²) in [5.74, 6) is -1.68. The van der Waals surface area contributed by atoms with Crippen molar-refractivity contribution in [2.24, 2.45) is 17.0 Å². The summed E-state index contributed by atoms with van der Waals surface area (Å²) >= 11 is 0. The molecule has 0 unspecified atom stereocenters. The van der Waals surface area contributed by atoms with Crippen LogP contribution in [0.4, 0.5) is 0 Å². The molecule has 3 amide bonds. The van der Waals surface area contributed by atoms with Gasteiger partial charge in [0.25, 0.3) is 0 Å². The molecule has 0 radical (unpaired) electrons. The van der Waals surface area contributed by atoms with Gasteiger partial charge in [-0.25, -0.2) is 19.0 Å². The van der Waals surface area contributed by atoms with Gasteiger partial charge < -0.3 is 10.6 Å². The number of hydrogen-bond acceptors (Lipinski definition) is 6. The highest BCUT2D eigenvalue weighted by molar-refractivity contribution is 7.89. The minimum Gasteiger partial charge on any atom is -0.354 e. The molecule has 224 valence electrons. The number of carbonyl (C=O) groups excluding carboxylic acids is 3. The minimum absolute atomic E-state index is 0.0220. The summed E-state index contributed by atoms with van der Waals surface area (Å²) in [4.78, 5) is 38.7. The van der Waals surface area contributed by atoms with E-state index in [0.29, 0.717) is 38.1 Å². The molecule has 11 heteroatoms. The van der Waals surface area contributed by atoms with E-state index in [1.54, 1.807) is 17.6 Å². The summed E-state index contributed by atoms with van der Waals surface area (Å²) in [7, 11) is -3.78. The molecule has 0 aliphatic heterocycles. The number of amides is 3. The Kier molecular flexibility index (Phi) is 12.8. The Labute approximate surface area is 242 Å². The van der Waals surface area contributed by atoms with Gasteiger partial charge in [-0.2, -0.15) is 0 Å². The van der Waals surface area contributed by atoms with E-state index in [4.69, 9.17) is 10.3 Å². The van der Waals surface area contributed by atoms with Crippen molar-refractivity contribution in [1.82, 2.24) is 16.1 Å². The van der Waals surface area contributed by atoms with Gasteiger partial charge in [-0.15, -0.1) is 0 Å². The molecule has 2 aromatic rings. The third-order valence-corrected chi connectivity index (χ3v) is 8.61. The van der Waals surface area contributed by atoms with E-state index < -0.39 is 27.9 Å². The maximum Gasteiger partial charge on any atom is 0.244 e. The zero-order chi connectivity index (χ0) is 29.7. The van der Waals surface area contributed by atoms with E-state index in [1.165, 1.54) is 18.6 Å². The van der Waals surface area contributed by atoms with Crippen LogP contribution in [0, 0.1) is 11.8 Å². The summed E-state index contributed by atoms with van der Waals surface area (Å²) in [6.07, 6.45) is 8.03. The molecular weight excluding hydrogens is 544 g/mol. The molecular formula is C30H42N4O6S. The lowest BCUT2D eigenvalue weighted by atomic mass is 9.84. The number of carbonyl (C=O) groups is 3. The molecule has 3 rings (SSSR count). The quantitative estimate of drug-likeness (QED) is 0.159. The summed E-state index contributed by atoms with van der Waals surface area (Å²) < 4.78 is 22.9. The van der Waals surface area contributed by atoms with Crippen molar-refractivity contribution < 1.29 is 28.0 Å². The minimum atomic E-state index is -3.78. The lowest BCUT2D eigenvalue weighted by Gasteiger charge is -2.28. The Balaban J connectivity index is 1.62. The fraction of sp³-hybridized carbons (Fsp3) is 0.500. The van der Waals surface area contributed by atoms with Gasteiger partial charge in [0.1, 0.15) is 6.04 Å². The van der Waals surface area contributed by atoms with Crippen LogP contribution in [0.1, 0.15) is 68.9 Å². The van der Waals surface area contributed by atoms with Crippen LogP contribution in [-0.4, -0.2) is 43.9 Å². The van der Waals surface area contributed by atoms with Gasteiger partial charge in [0.15, 0.2) is 0 Å². The van der Waals surface area contributed by atoms with E-state index in [0.717, 1.165) is 43.2 Å². The van der Waals surface area contributed by atoms with E-state index in [2.05, 4.69) is 10.6 Å². The van der Waals surface area contributed by atoms with Crippen molar-refractivity contribution in [2.45, 2.75) is 81.6 Å². The molecule has 1 aliphatic carbocycles. The number of nitrogens with one attached hydrogen (secondary N) is 3. The number of primary sulfonamides is 1. The zero-order valence-corrected chi connectivity index (χ0v) is 24.2. The van der Waals surface area contributed by atoms with Crippen molar-refractivity contribution in [1.29, 1.82) is 0 Å². The topological polar surface area (TPSA) is 168 Å². The standard InChI is InChI=1S/C30H42N4O6S/c31-41(39,40)26-16-14-23(15-17-26)18-19-32-30(37)27(20-24-10-5-2-6-11-24)33-29(36)25(21-28(35)34-38)13-7-12-22-8-3-1-4-9-22/h1,3-4,8-9,14-17,24-25,27,38H,2,5-7,10-13,18-21H2,(H,32,37)(H,33,36)(H,34,35)(H2,31,39,40)/t25-,27-/m0/s1. The smallest absolute Gasteiger partial charge is 0.244 e. The van der Waals surface area contributed by atoms with Crippen molar-refractivity contribution in [3.63, 3.8) is 0 Å². The molecule has 0 aromatic heterocycles. The van der Waals surface area contributed by atoms with Gasteiger partial charge in [0, 0.05) is 18.9 Å². The van der Waals surface area contributed by atoms with Crippen molar-refractivity contribution in [2.75, 3.05) is 6.54 Å². The Bertz CT molecular complexity index is 1230. The summed E-state index contributed by atoms with van der Waals surface area (Å²) in [6.45, 7) is 0.304. The van der Waals surface area contributed by atoms with Crippen LogP contribution in [-0.2, 0) is 37.2 Å². The SMILES string of the molecule is NS(=O)(=O)c1ccc(CCNC(=O)[C@H](CC2CCCCC2)NC(=O)[C@@H](CCCc2ccccc2)CC(=O)NO)cc1. The highest BCUT2D eigenvalue weighted by atomic mass is 32.2. The van der Waals surface area contributed by atoms with Crippen molar-refractivity contribution in [3.05, 3.63) is 65.7 Å². The highest BCUT2D eigenvalue weighted by Crippen LogP contribution is 2.28. The Morgan fingerprint density at radius 2 is 1.56 bits per heavy atom. The maximum absolute atomic E-state index is 13.4. The van der Waals surface area contributed by atoms with E-state index in [-0.39, 0.29) is 23.1 Å². The van der Waals surface area contributed by atoms with Crippen molar-refractivity contribution in [3.8, 4) is 0 Å². The molecule has 1 aliphatic rings. The number of nitrogens with two attached hydrogens (primary N) is 1. The lowest BCUT2D eigenvalue weighted by Crippen LogP contribution is -2.50. The fourth-order valence-corrected chi connectivity index (χ4v) is 5.88. The first-order valence-corrected chi connectivity index (χ1v) is 15.9. The number of hydroxylamine groups is 1. The van der Waals surface area contributed by atoms with Gasteiger partial charge in [0.05, 0.1) is 4.90 Å². The first-order valence-electron chi connectivity index (χ1n) is 14.3. The van der Waals surface area contributed by atoms with Crippen LogP contribution in [0.2, 0.25) is 0 Å². The van der Waals surface area contributed by atoms with Crippen LogP contribution in [0.15, 0.2) is 59.5 Å². The van der Waals surface area contributed by atoms with E-state index in [9.17, 15) is 22.8 Å². The lowest BCUT2D eigenvalue weighted by molar-refractivity contribution is -0.136. The molecule has 41 heavy (non-hydrogen) atoms. The van der Waals surface area contributed by atoms with Gasteiger partial charge in [-0.3, -0.25) is 19.6 Å². The number of aryl methyl sites for hydroxylation is 1. The molecule has 2 atom stereocenters. The molecule has 0 heterocycles. The monoisotopic (exact) mass is 586 g/mol. The van der Waals surface area contributed by atoms with Crippen molar-refractivity contribution >= 4 is 27.7 Å².